The Morgan fingerprint density at radius 1 is 1.50 bits per heavy atom. The second-order valence-electron chi connectivity index (χ2n) is 4.58. The number of hydrogen-bond acceptors (Lipinski definition) is 3. The second kappa shape index (κ2) is 5.79. The zero-order valence-electron chi connectivity index (χ0n) is 10.9. The molecule has 20 heavy (non-hydrogen) atoms. The first kappa shape index (κ1) is 14.0. The summed E-state index contributed by atoms with van der Waals surface area (Å²) < 4.78 is 1.12. The number of pyridine rings is 1. The lowest BCUT2D eigenvalue weighted by Gasteiger charge is -2.25. The highest BCUT2D eigenvalue weighted by molar-refractivity contribution is 9.10. The average Bonchev–Trinajstić information content (AvgIpc) is 3.03. The molecule has 0 aromatic carbocycles. The molecule has 0 radical (unpaired) electrons. The van der Waals surface area contributed by atoms with Crippen LogP contribution in [0.15, 0.2) is 40.3 Å². The minimum absolute atomic E-state index is 0.106. The van der Waals surface area contributed by atoms with Crippen molar-refractivity contribution >= 4 is 44.6 Å². The van der Waals surface area contributed by atoms with Gasteiger partial charge in [0.25, 0.3) is 0 Å². The van der Waals surface area contributed by atoms with Gasteiger partial charge in [0.05, 0.1) is 17.8 Å². The van der Waals surface area contributed by atoms with Crippen molar-refractivity contribution in [1.29, 1.82) is 0 Å². The van der Waals surface area contributed by atoms with Gasteiger partial charge < -0.3 is 10.2 Å². The van der Waals surface area contributed by atoms with Crippen LogP contribution >= 0.6 is 39.5 Å². The molecule has 1 N–H and O–H groups in total. The Balaban J connectivity index is 2.02. The zero-order valence-corrected chi connectivity index (χ0v) is 14.1. The molecule has 0 bridgehead atoms. The highest BCUT2D eigenvalue weighted by Gasteiger charge is 2.39. The number of hydrogen-bond donors (Lipinski definition) is 1. The molecule has 1 fully saturated rings. The fourth-order valence-electron chi connectivity index (χ4n) is 2.54. The summed E-state index contributed by atoms with van der Waals surface area (Å²) in [6, 6.07) is 8.49. The van der Waals surface area contributed by atoms with Crippen LogP contribution in [0.5, 0.6) is 0 Å². The van der Waals surface area contributed by atoms with Gasteiger partial charge in [0.1, 0.15) is 0 Å². The summed E-state index contributed by atoms with van der Waals surface area (Å²) >= 11 is 10.8. The molecule has 1 aliphatic rings. The molecule has 1 saturated heterocycles. The van der Waals surface area contributed by atoms with Crippen molar-refractivity contribution in [2.24, 2.45) is 0 Å². The van der Waals surface area contributed by atoms with Gasteiger partial charge in [-0.05, 0) is 53.3 Å². The predicted molar refractivity (Wildman–Crippen MR) is 89.9 cm³/mol. The molecule has 1 aliphatic heterocycles. The van der Waals surface area contributed by atoms with E-state index in [9.17, 15) is 0 Å². The van der Waals surface area contributed by atoms with Crippen LogP contribution in [0.25, 0.3) is 0 Å². The van der Waals surface area contributed by atoms with E-state index in [0.29, 0.717) is 0 Å². The number of aromatic nitrogens is 1. The van der Waals surface area contributed by atoms with Gasteiger partial charge in [-0.1, -0.05) is 6.07 Å². The molecule has 0 unspecified atom stereocenters. The number of thiophene rings is 1. The Kier molecular flexibility index (Phi) is 4.05. The summed E-state index contributed by atoms with van der Waals surface area (Å²) in [7, 11) is 0. The molecular weight excluding hydrogens is 354 g/mol. The molecule has 2 aromatic heterocycles. The molecule has 0 aliphatic carbocycles. The first-order chi connectivity index (χ1) is 9.70. The van der Waals surface area contributed by atoms with Crippen molar-refractivity contribution in [3.05, 3.63) is 50.9 Å². The summed E-state index contributed by atoms with van der Waals surface area (Å²) in [6.07, 6.45) is 1.83. The Hall–Kier alpha value is -0.980. The minimum atomic E-state index is 0.106. The van der Waals surface area contributed by atoms with Crippen molar-refractivity contribution in [1.82, 2.24) is 15.2 Å². The van der Waals surface area contributed by atoms with E-state index in [1.165, 1.54) is 4.88 Å². The maximum atomic E-state index is 5.48. The summed E-state index contributed by atoms with van der Waals surface area (Å²) in [4.78, 5) is 8.01. The monoisotopic (exact) mass is 367 g/mol. The van der Waals surface area contributed by atoms with Gasteiger partial charge in [0.2, 0.25) is 0 Å². The summed E-state index contributed by atoms with van der Waals surface area (Å²) in [5, 5.41) is 6.33. The molecule has 2 aromatic rings. The van der Waals surface area contributed by atoms with Gasteiger partial charge in [-0.25, -0.2) is 0 Å². The Labute approximate surface area is 136 Å². The van der Waals surface area contributed by atoms with Gasteiger partial charge in [-0.2, -0.15) is 0 Å². The number of nitrogens with one attached hydrogen (secondary N) is 1. The molecule has 0 spiro atoms. The van der Waals surface area contributed by atoms with E-state index in [0.717, 1.165) is 21.8 Å². The third-order valence-electron chi connectivity index (χ3n) is 3.42. The highest BCUT2D eigenvalue weighted by atomic mass is 79.9. The molecule has 0 amide bonds. The number of thiocarbonyl (C=S) groups is 1. The normalized spacial score (nSPS) is 22.1. The van der Waals surface area contributed by atoms with Crippen LogP contribution in [0.1, 0.15) is 29.6 Å². The molecule has 6 heteroatoms. The van der Waals surface area contributed by atoms with Crippen LogP contribution in [0, 0.1) is 0 Å². The second-order valence-corrected chi connectivity index (χ2v) is 6.83. The van der Waals surface area contributed by atoms with Crippen molar-refractivity contribution < 1.29 is 0 Å². The summed E-state index contributed by atoms with van der Waals surface area (Å²) in [6.45, 7) is 3.01. The van der Waals surface area contributed by atoms with Crippen LogP contribution in [0.2, 0.25) is 0 Å². The van der Waals surface area contributed by atoms with Gasteiger partial charge in [-0.3, -0.25) is 4.98 Å². The van der Waals surface area contributed by atoms with Crippen LogP contribution < -0.4 is 5.32 Å². The maximum absolute atomic E-state index is 5.48. The average molecular weight is 368 g/mol. The lowest BCUT2D eigenvalue weighted by molar-refractivity contribution is 0.335. The largest absolute Gasteiger partial charge is 0.352 e. The molecule has 3 rings (SSSR count). The first-order valence-corrected chi connectivity index (χ1v) is 8.50. The topological polar surface area (TPSA) is 28.2 Å². The van der Waals surface area contributed by atoms with E-state index in [-0.39, 0.29) is 12.1 Å². The highest BCUT2D eigenvalue weighted by Crippen LogP contribution is 2.41. The van der Waals surface area contributed by atoms with E-state index in [1.54, 1.807) is 11.3 Å². The smallest absolute Gasteiger partial charge is 0.170 e. The molecule has 0 saturated carbocycles. The third-order valence-corrected chi connectivity index (χ3v) is 5.53. The standard InChI is InChI=1S/C14H14BrN3S2/c1-2-18-13(11-7-9(15)8-20-11)12(17-14(18)19)10-5-3-4-6-16-10/h3-8,12-13H,2H2,1H3,(H,17,19)/t12-,13+/m0/s1. The number of nitrogens with zero attached hydrogens (tertiary/aromatic N) is 2. The van der Waals surface area contributed by atoms with Crippen molar-refractivity contribution in [3.8, 4) is 0 Å². The van der Waals surface area contributed by atoms with E-state index in [2.05, 4.69) is 55.6 Å². The van der Waals surface area contributed by atoms with Gasteiger partial charge in [-0.15, -0.1) is 11.3 Å². The third kappa shape index (κ3) is 2.47. The lowest BCUT2D eigenvalue weighted by atomic mass is 10.0. The summed E-state index contributed by atoms with van der Waals surface area (Å²) in [5.74, 6) is 0. The van der Waals surface area contributed by atoms with Gasteiger partial charge >= 0.3 is 0 Å². The van der Waals surface area contributed by atoms with E-state index in [1.807, 2.05) is 18.3 Å². The number of likely N-dealkylation sites (N-methyl/N-ethyl adjacent to an activating group) is 1. The van der Waals surface area contributed by atoms with Crippen molar-refractivity contribution in [2.75, 3.05) is 6.54 Å². The van der Waals surface area contributed by atoms with E-state index >= 15 is 0 Å². The van der Waals surface area contributed by atoms with Gasteiger partial charge in [0, 0.05) is 27.5 Å². The van der Waals surface area contributed by atoms with E-state index < -0.39 is 0 Å². The van der Waals surface area contributed by atoms with Gasteiger partial charge in [0.15, 0.2) is 5.11 Å². The molecule has 3 heterocycles. The fourth-order valence-corrected chi connectivity index (χ4v) is 4.50. The Morgan fingerprint density at radius 3 is 2.95 bits per heavy atom. The molecule has 2 atom stereocenters. The van der Waals surface area contributed by atoms with Crippen LogP contribution in [-0.4, -0.2) is 21.5 Å². The van der Waals surface area contributed by atoms with Crippen LogP contribution in [-0.2, 0) is 0 Å². The minimum Gasteiger partial charge on any atom is -0.352 e. The van der Waals surface area contributed by atoms with Crippen molar-refractivity contribution in [3.63, 3.8) is 0 Å². The summed E-state index contributed by atoms with van der Waals surface area (Å²) in [5.41, 5.74) is 1.03. The fraction of sp³-hybridized carbons (Fsp3) is 0.286. The molecular formula is C14H14BrN3S2. The Bertz CT molecular complexity index is 614. The van der Waals surface area contributed by atoms with Crippen LogP contribution in [0.4, 0.5) is 0 Å². The molecule has 3 nitrogen and oxygen atoms in total. The zero-order chi connectivity index (χ0) is 14.1. The quantitative estimate of drug-likeness (QED) is 0.832. The van der Waals surface area contributed by atoms with Crippen LogP contribution in [0.3, 0.4) is 0 Å². The SMILES string of the molecule is CCN1C(=S)N[C@@H](c2ccccn2)[C@H]1c1cc(Br)cs1. The van der Waals surface area contributed by atoms with Crippen molar-refractivity contribution in [2.45, 2.75) is 19.0 Å². The first-order valence-electron chi connectivity index (χ1n) is 6.42. The van der Waals surface area contributed by atoms with E-state index in [4.69, 9.17) is 12.2 Å². The lowest BCUT2D eigenvalue weighted by Crippen LogP contribution is -2.28. The predicted octanol–water partition coefficient (Wildman–Crippen LogP) is 3.90. The number of halogens is 1. The number of rotatable bonds is 3. The molecule has 104 valence electrons. The maximum Gasteiger partial charge on any atom is 0.170 e. The Morgan fingerprint density at radius 2 is 2.35 bits per heavy atom.